The summed E-state index contributed by atoms with van der Waals surface area (Å²) in [5.74, 6) is -1.91. The van der Waals surface area contributed by atoms with Gasteiger partial charge in [0, 0.05) is 0 Å². The zero-order valence-electron chi connectivity index (χ0n) is 6.56. The Morgan fingerprint density at radius 1 is 1.62 bits per heavy atom. The van der Waals surface area contributed by atoms with E-state index in [2.05, 4.69) is 0 Å². The average molecular weight is 188 g/mol. The number of carboxylic acid groups (broad SMARTS) is 1. The highest BCUT2D eigenvalue weighted by molar-refractivity contribution is 6.03. The highest BCUT2D eigenvalue weighted by Crippen LogP contribution is 2.04. The molecule has 0 aromatic heterocycles. The maximum atomic E-state index is 10.9. The number of nitrogens with zero attached hydrogens (tertiary/aromatic N) is 1. The predicted octanol–water partition coefficient (Wildman–Crippen LogP) is -2.02. The van der Waals surface area contributed by atoms with E-state index in [1.54, 1.807) is 0 Å². The van der Waals surface area contributed by atoms with E-state index in [1.807, 2.05) is 5.32 Å². The quantitative estimate of drug-likeness (QED) is 0.443. The first-order valence-electron chi connectivity index (χ1n) is 3.50. The fraction of sp³-hybridized carbons (Fsp3) is 0.500. The summed E-state index contributed by atoms with van der Waals surface area (Å²) in [5.41, 5.74) is 0. The molecule has 1 aliphatic rings. The Labute approximate surface area is 72.9 Å². The minimum Gasteiger partial charge on any atom is -0.480 e. The van der Waals surface area contributed by atoms with Crippen LogP contribution < -0.4 is 5.32 Å². The molecular formula is C6H8N2O5. The van der Waals surface area contributed by atoms with Crippen molar-refractivity contribution in [2.45, 2.75) is 6.04 Å². The molecular weight excluding hydrogens is 180 g/mol. The molecule has 1 unspecified atom stereocenters. The van der Waals surface area contributed by atoms with E-state index in [-0.39, 0.29) is 6.54 Å². The molecule has 72 valence electrons. The summed E-state index contributed by atoms with van der Waals surface area (Å²) in [7, 11) is 0. The van der Waals surface area contributed by atoms with Gasteiger partial charge in [-0.25, -0.2) is 9.59 Å². The Balaban J connectivity index is 2.75. The molecule has 7 nitrogen and oxygen atoms in total. The fourth-order valence-electron chi connectivity index (χ4n) is 1.02. The van der Waals surface area contributed by atoms with Crippen molar-refractivity contribution in [3.05, 3.63) is 0 Å². The van der Waals surface area contributed by atoms with Crippen LogP contribution in [0.15, 0.2) is 0 Å². The smallest absolute Gasteiger partial charge is 0.328 e. The third-order valence-electron chi connectivity index (χ3n) is 1.66. The van der Waals surface area contributed by atoms with E-state index < -0.39 is 30.6 Å². The molecule has 1 atom stereocenters. The lowest BCUT2D eigenvalue weighted by atomic mass is 10.3. The van der Waals surface area contributed by atoms with Gasteiger partial charge in [-0.15, -0.1) is 0 Å². The average Bonchev–Trinajstić information content (AvgIpc) is 2.31. The van der Waals surface area contributed by atoms with Crippen molar-refractivity contribution in [2.75, 3.05) is 13.2 Å². The number of nitrogens with one attached hydrogen (secondary N) is 1. The molecule has 3 N–H and O–H groups in total. The Bertz CT molecular complexity index is 264. The van der Waals surface area contributed by atoms with Crippen molar-refractivity contribution < 1.29 is 24.6 Å². The summed E-state index contributed by atoms with van der Waals surface area (Å²) in [4.78, 5) is 32.8. The first kappa shape index (κ1) is 9.46. The summed E-state index contributed by atoms with van der Waals surface area (Å²) in [5, 5.41) is 19.1. The zero-order valence-corrected chi connectivity index (χ0v) is 6.56. The standard InChI is InChI=1S/C6H8N2O5/c9-2-3(5(11)12)8-1-4(10)7-6(8)13/h3,9H,1-2H2,(H,11,12)(H,7,10,13). The van der Waals surface area contributed by atoms with Gasteiger partial charge in [0.1, 0.15) is 6.54 Å². The second-order valence-electron chi connectivity index (χ2n) is 2.52. The number of carbonyl (C=O) groups is 3. The number of hydrogen-bond donors (Lipinski definition) is 3. The first-order chi connectivity index (χ1) is 6.06. The van der Waals surface area contributed by atoms with Crippen LogP contribution in [0.1, 0.15) is 0 Å². The summed E-state index contributed by atoms with van der Waals surface area (Å²) in [6.45, 7) is -1.04. The van der Waals surface area contributed by atoms with Gasteiger partial charge < -0.3 is 10.2 Å². The van der Waals surface area contributed by atoms with Crippen LogP contribution in [0.3, 0.4) is 0 Å². The summed E-state index contributed by atoms with van der Waals surface area (Å²) in [6.07, 6.45) is 0. The largest absolute Gasteiger partial charge is 0.480 e. The molecule has 1 saturated heterocycles. The SMILES string of the molecule is O=C1CN(C(CO)C(=O)O)C(=O)N1. The molecule has 0 spiro atoms. The van der Waals surface area contributed by atoms with Gasteiger partial charge in [-0.2, -0.15) is 0 Å². The molecule has 7 heteroatoms. The van der Waals surface area contributed by atoms with Crippen LogP contribution in [0.4, 0.5) is 4.79 Å². The van der Waals surface area contributed by atoms with Gasteiger partial charge in [-0.3, -0.25) is 15.0 Å². The van der Waals surface area contributed by atoms with Crippen molar-refractivity contribution in [3.63, 3.8) is 0 Å². The van der Waals surface area contributed by atoms with E-state index in [0.717, 1.165) is 4.90 Å². The van der Waals surface area contributed by atoms with Crippen LogP contribution in [0.5, 0.6) is 0 Å². The van der Waals surface area contributed by atoms with E-state index in [9.17, 15) is 14.4 Å². The van der Waals surface area contributed by atoms with E-state index in [4.69, 9.17) is 10.2 Å². The van der Waals surface area contributed by atoms with Gasteiger partial charge in [0.05, 0.1) is 6.61 Å². The minimum atomic E-state index is -1.36. The van der Waals surface area contributed by atoms with Gasteiger partial charge in [-0.1, -0.05) is 0 Å². The third kappa shape index (κ3) is 1.75. The topological polar surface area (TPSA) is 107 Å². The Hall–Kier alpha value is -1.63. The number of carbonyl (C=O) groups excluding carboxylic acids is 2. The highest BCUT2D eigenvalue weighted by Gasteiger charge is 2.36. The van der Waals surface area contributed by atoms with Crippen LogP contribution in [0.25, 0.3) is 0 Å². The van der Waals surface area contributed by atoms with Gasteiger partial charge in [-0.05, 0) is 0 Å². The van der Waals surface area contributed by atoms with E-state index in [1.165, 1.54) is 0 Å². The molecule has 0 radical (unpaired) electrons. The molecule has 1 aliphatic heterocycles. The molecule has 0 bridgehead atoms. The van der Waals surface area contributed by atoms with Gasteiger partial charge in [0.2, 0.25) is 5.91 Å². The summed E-state index contributed by atoms with van der Waals surface area (Å²) >= 11 is 0. The van der Waals surface area contributed by atoms with Crippen molar-refractivity contribution in [3.8, 4) is 0 Å². The lowest BCUT2D eigenvalue weighted by molar-refractivity contribution is -0.143. The molecule has 1 rings (SSSR count). The monoisotopic (exact) mass is 188 g/mol. The zero-order chi connectivity index (χ0) is 10.0. The number of imide groups is 1. The number of urea groups is 1. The van der Waals surface area contributed by atoms with Crippen molar-refractivity contribution >= 4 is 17.9 Å². The maximum Gasteiger partial charge on any atom is 0.328 e. The molecule has 13 heavy (non-hydrogen) atoms. The third-order valence-corrected chi connectivity index (χ3v) is 1.66. The normalized spacial score (nSPS) is 18.7. The molecule has 3 amide bonds. The lowest BCUT2D eigenvalue weighted by Crippen LogP contribution is -2.45. The van der Waals surface area contributed by atoms with Crippen LogP contribution >= 0.6 is 0 Å². The molecule has 0 aromatic rings. The van der Waals surface area contributed by atoms with E-state index >= 15 is 0 Å². The van der Waals surface area contributed by atoms with Crippen LogP contribution in [-0.4, -0.2) is 52.2 Å². The number of hydrogen-bond acceptors (Lipinski definition) is 4. The number of rotatable bonds is 3. The highest BCUT2D eigenvalue weighted by atomic mass is 16.4. The van der Waals surface area contributed by atoms with Crippen LogP contribution in [-0.2, 0) is 9.59 Å². The second-order valence-corrected chi connectivity index (χ2v) is 2.52. The number of aliphatic hydroxyl groups is 1. The molecule has 0 aromatic carbocycles. The molecule has 0 saturated carbocycles. The van der Waals surface area contributed by atoms with Crippen molar-refractivity contribution in [1.29, 1.82) is 0 Å². The second kappa shape index (κ2) is 3.40. The summed E-state index contributed by atoms with van der Waals surface area (Å²) in [6, 6.07) is -2.14. The Kier molecular flexibility index (Phi) is 2.47. The van der Waals surface area contributed by atoms with Crippen LogP contribution in [0, 0.1) is 0 Å². The Morgan fingerprint density at radius 2 is 2.23 bits per heavy atom. The maximum absolute atomic E-state index is 10.9. The van der Waals surface area contributed by atoms with Crippen molar-refractivity contribution in [1.82, 2.24) is 10.2 Å². The fourth-order valence-corrected chi connectivity index (χ4v) is 1.02. The van der Waals surface area contributed by atoms with Gasteiger partial charge in [0.25, 0.3) is 0 Å². The number of carboxylic acids is 1. The lowest BCUT2D eigenvalue weighted by Gasteiger charge is -2.19. The molecule has 1 fully saturated rings. The van der Waals surface area contributed by atoms with Crippen molar-refractivity contribution in [2.24, 2.45) is 0 Å². The number of aliphatic carboxylic acids is 1. The number of amides is 3. The summed E-state index contributed by atoms with van der Waals surface area (Å²) < 4.78 is 0. The predicted molar refractivity (Wildman–Crippen MR) is 38.8 cm³/mol. The first-order valence-corrected chi connectivity index (χ1v) is 3.50. The van der Waals surface area contributed by atoms with Crippen LogP contribution in [0.2, 0.25) is 0 Å². The molecule has 1 heterocycles. The van der Waals surface area contributed by atoms with Gasteiger partial charge in [0.15, 0.2) is 6.04 Å². The minimum absolute atomic E-state index is 0.323. The molecule has 0 aliphatic carbocycles. The van der Waals surface area contributed by atoms with E-state index in [0.29, 0.717) is 0 Å². The van der Waals surface area contributed by atoms with Gasteiger partial charge >= 0.3 is 12.0 Å². The Morgan fingerprint density at radius 3 is 2.54 bits per heavy atom. The number of aliphatic hydroxyl groups excluding tert-OH is 1.